The number of hydrogen-bond donors (Lipinski definition) is 0. The lowest BCUT2D eigenvalue weighted by Crippen LogP contribution is -2.30. The van der Waals surface area contributed by atoms with Crippen molar-refractivity contribution in [3.8, 4) is 0 Å². The average Bonchev–Trinajstić information content (AvgIpc) is 3.24. The predicted molar refractivity (Wildman–Crippen MR) is 256 cm³/mol. The number of rotatable bonds is 41. The monoisotopic (exact) mass is 831 g/mol. The van der Waals surface area contributed by atoms with Gasteiger partial charge in [-0.15, -0.1) is 0 Å². The van der Waals surface area contributed by atoms with Gasteiger partial charge in [-0.1, -0.05) is 175 Å². The van der Waals surface area contributed by atoms with Gasteiger partial charge < -0.3 is 14.2 Å². The highest BCUT2D eigenvalue weighted by Gasteiger charge is 2.19. The molecule has 0 aliphatic carbocycles. The van der Waals surface area contributed by atoms with E-state index in [0.717, 1.165) is 116 Å². The van der Waals surface area contributed by atoms with E-state index >= 15 is 0 Å². The largest absolute Gasteiger partial charge is 0.462 e. The second kappa shape index (κ2) is 47.7. The third-order valence-corrected chi connectivity index (χ3v) is 9.51. The normalized spacial score (nSPS) is 13.1. The quantitative estimate of drug-likeness (QED) is 0.0264. The van der Waals surface area contributed by atoms with Crippen molar-refractivity contribution in [3.63, 3.8) is 0 Å². The Bertz CT molecular complexity index is 1280. The summed E-state index contributed by atoms with van der Waals surface area (Å²) in [7, 11) is 0. The number of carbonyl (C=O) groups excluding carboxylic acids is 3. The molecule has 338 valence electrons. The molecule has 0 spiro atoms. The minimum absolute atomic E-state index is 0.126. The Kier molecular flexibility index (Phi) is 44.6. The van der Waals surface area contributed by atoms with Crippen LogP contribution >= 0.6 is 0 Å². The average molecular weight is 831 g/mol. The van der Waals surface area contributed by atoms with Gasteiger partial charge in [0.05, 0.1) is 0 Å². The summed E-state index contributed by atoms with van der Waals surface area (Å²) in [6, 6.07) is 0. The van der Waals surface area contributed by atoms with Gasteiger partial charge in [0, 0.05) is 19.3 Å². The van der Waals surface area contributed by atoms with Gasteiger partial charge >= 0.3 is 17.9 Å². The van der Waals surface area contributed by atoms with Crippen LogP contribution in [-0.4, -0.2) is 37.2 Å². The van der Waals surface area contributed by atoms with E-state index in [1.807, 2.05) is 12.2 Å². The van der Waals surface area contributed by atoms with Crippen molar-refractivity contribution in [2.24, 2.45) is 0 Å². The van der Waals surface area contributed by atoms with Crippen LogP contribution in [0.25, 0.3) is 0 Å². The Balaban J connectivity index is 4.55. The highest BCUT2D eigenvalue weighted by Crippen LogP contribution is 2.11. The second-order valence-corrected chi connectivity index (χ2v) is 15.2. The van der Waals surface area contributed by atoms with Crippen molar-refractivity contribution in [1.29, 1.82) is 0 Å². The summed E-state index contributed by atoms with van der Waals surface area (Å²) >= 11 is 0. The van der Waals surface area contributed by atoms with Crippen LogP contribution in [0, 0.1) is 0 Å². The fraction of sp³-hybridized carbons (Fsp3) is 0.611. The third kappa shape index (κ3) is 45.2. The van der Waals surface area contributed by atoms with Crippen molar-refractivity contribution in [2.45, 2.75) is 200 Å². The molecule has 0 saturated heterocycles. The Morgan fingerprint density at radius 1 is 0.350 bits per heavy atom. The van der Waals surface area contributed by atoms with Crippen molar-refractivity contribution in [3.05, 3.63) is 109 Å². The lowest BCUT2D eigenvalue weighted by Gasteiger charge is -2.18. The van der Waals surface area contributed by atoms with E-state index in [-0.39, 0.29) is 31.6 Å². The molecule has 6 nitrogen and oxygen atoms in total. The molecule has 0 rings (SSSR count). The van der Waals surface area contributed by atoms with Gasteiger partial charge in [0.25, 0.3) is 0 Å². The van der Waals surface area contributed by atoms with Gasteiger partial charge in [-0.25, -0.2) is 0 Å². The summed E-state index contributed by atoms with van der Waals surface area (Å²) < 4.78 is 16.6. The molecule has 0 amide bonds. The number of ether oxygens (including phenoxy) is 3. The highest BCUT2D eigenvalue weighted by molar-refractivity contribution is 5.71. The van der Waals surface area contributed by atoms with E-state index in [0.29, 0.717) is 19.3 Å². The molecule has 1 atom stereocenters. The molecule has 0 aliphatic heterocycles. The number of esters is 3. The molecule has 0 heterocycles. The van der Waals surface area contributed by atoms with Crippen molar-refractivity contribution >= 4 is 17.9 Å². The number of carbonyl (C=O) groups is 3. The molecule has 0 aromatic rings. The van der Waals surface area contributed by atoms with Gasteiger partial charge in [-0.05, 0) is 109 Å². The molecule has 0 fully saturated rings. The van der Waals surface area contributed by atoms with E-state index < -0.39 is 12.1 Å². The van der Waals surface area contributed by atoms with Crippen LogP contribution in [0.1, 0.15) is 194 Å². The molecule has 0 bridgehead atoms. The molecule has 6 heteroatoms. The maximum Gasteiger partial charge on any atom is 0.306 e. The van der Waals surface area contributed by atoms with Gasteiger partial charge in [-0.3, -0.25) is 14.4 Å². The van der Waals surface area contributed by atoms with Crippen LogP contribution in [0.3, 0.4) is 0 Å². The topological polar surface area (TPSA) is 78.9 Å². The first-order valence-corrected chi connectivity index (χ1v) is 23.9. The van der Waals surface area contributed by atoms with Crippen molar-refractivity contribution < 1.29 is 28.6 Å². The van der Waals surface area contributed by atoms with Crippen molar-refractivity contribution in [2.75, 3.05) is 13.2 Å². The molecule has 0 aliphatic rings. The Hall–Kier alpha value is -3.93. The summed E-state index contributed by atoms with van der Waals surface area (Å²) in [5.41, 5.74) is 0. The number of allylic oxidation sites excluding steroid dienone is 18. The van der Waals surface area contributed by atoms with Gasteiger partial charge in [0.15, 0.2) is 6.10 Å². The van der Waals surface area contributed by atoms with Crippen LogP contribution in [-0.2, 0) is 28.6 Å². The van der Waals surface area contributed by atoms with Crippen LogP contribution in [0.5, 0.6) is 0 Å². The minimum Gasteiger partial charge on any atom is -0.462 e. The number of unbranched alkanes of at least 4 members (excludes halogenated alkanes) is 12. The Morgan fingerprint density at radius 2 is 0.683 bits per heavy atom. The molecule has 60 heavy (non-hydrogen) atoms. The van der Waals surface area contributed by atoms with Crippen LogP contribution in [0.2, 0.25) is 0 Å². The second-order valence-electron chi connectivity index (χ2n) is 15.2. The fourth-order valence-electron chi connectivity index (χ4n) is 5.97. The maximum atomic E-state index is 12.7. The van der Waals surface area contributed by atoms with E-state index in [2.05, 4.69) is 118 Å². The highest BCUT2D eigenvalue weighted by atomic mass is 16.6. The standard InChI is InChI=1S/C54H86O6/c1-4-7-10-13-16-19-22-25-26-27-30-32-35-38-41-44-47-53(56)59-50-51(60-54(57)48-45-42-39-36-33-29-24-21-18-15-12-9-6-3)49-58-52(55)46-43-40-37-34-31-28-23-20-17-14-11-8-5-2/h8-9,11-12,17-22,26-29,31,33,39,42,51H,4-7,10,13-16,23-25,30,32,34-38,40-41,43-50H2,1-3H3/b11-8-,12-9-,20-17-,21-18-,22-19-,27-26-,31-28-,33-29-,42-39-. The fourth-order valence-corrected chi connectivity index (χ4v) is 5.97. The summed E-state index contributed by atoms with van der Waals surface area (Å²) in [6.45, 7) is 6.26. The molecule has 0 radical (unpaired) electrons. The lowest BCUT2D eigenvalue weighted by molar-refractivity contribution is -0.166. The van der Waals surface area contributed by atoms with E-state index in [4.69, 9.17) is 14.2 Å². The first-order valence-electron chi connectivity index (χ1n) is 23.9. The summed E-state index contributed by atoms with van der Waals surface area (Å²) in [5.74, 6) is -1.06. The van der Waals surface area contributed by atoms with E-state index in [1.165, 1.54) is 32.1 Å². The zero-order valence-electron chi connectivity index (χ0n) is 38.4. The van der Waals surface area contributed by atoms with Gasteiger partial charge in [-0.2, -0.15) is 0 Å². The molecular weight excluding hydrogens is 745 g/mol. The van der Waals surface area contributed by atoms with Gasteiger partial charge in [0.2, 0.25) is 0 Å². The zero-order chi connectivity index (χ0) is 43.7. The molecule has 0 aromatic carbocycles. The SMILES string of the molecule is CC/C=C\C/C=C\C/C=C\C/C=C\CCC(=O)OC(COC(=O)CCCCC/C=C\C/C=C\C/C=C\CC)COC(=O)CCCCCCC/C=C\C/C=C\CCCCCC. The first kappa shape index (κ1) is 56.1. The number of hydrogen-bond acceptors (Lipinski definition) is 6. The molecule has 0 N–H and O–H groups in total. The van der Waals surface area contributed by atoms with Crippen LogP contribution < -0.4 is 0 Å². The molecule has 0 aromatic heterocycles. The Labute approximate surface area is 368 Å². The van der Waals surface area contributed by atoms with Crippen LogP contribution in [0.15, 0.2) is 109 Å². The van der Waals surface area contributed by atoms with Gasteiger partial charge in [0.1, 0.15) is 13.2 Å². The van der Waals surface area contributed by atoms with Crippen LogP contribution in [0.4, 0.5) is 0 Å². The predicted octanol–water partition coefficient (Wildman–Crippen LogP) is 15.6. The van der Waals surface area contributed by atoms with Crippen molar-refractivity contribution in [1.82, 2.24) is 0 Å². The lowest BCUT2D eigenvalue weighted by atomic mass is 10.1. The molecule has 0 saturated carbocycles. The smallest absolute Gasteiger partial charge is 0.306 e. The maximum absolute atomic E-state index is 12.7. The Morgan fingerprint density at radius 3 is 1.10 bits per heavy atom. The molecular formula is C54H86O6. The zero-order valence-corrected chi connectivity index (χ0v) is 38.4. The summed E-state index contributed by atoms with van der Waals surface area (Å²) in [4.78, 5) is 37.8. The van der Waals surface area contributed by atoms with E-state index in [9.17, 15) is 14.4 Å². The van der Waals surface area contributed by atoms with E-state index in [1.54, 1.807) is 0 Å². The summed E-state index contributed by atoms with van der Waals surface area (Å²) in [6.07, 6.45) is 63.7. The first-order chi connectivity index (χ1) is 29.5. The molecule has 1 unspecified atom stereocenters. The minimum atomic E-state index is -0.834. The summed E-state index contributed by atoms with van der Waals surface area (Å²) in [5, 5.41) is 0. The third-order valence-electron chi connectivity index (χ3n) is 9.51.